The van der Waals surface area contributed by atoms with Crippen molar-refractivity contribution in [2.45, 2.75) is 51.0 Å². The largest absolute Gasteiger partial charge is 0.493 e. The molecule has 4 heteroatoms. The number of carbonyl (C=O) groups excluding carboxylic acids is 1. The summed E-state index contributed by atoms with van der Waals surface area (Å²) in [5, 5.41) is 0. The molecule has 0 aromatic heterocycles. The summed E-state index contributed by atoms with van der Waals surface area (Å²) in [6, 6.07) is 7.20. The van der Waals surface area contributed by atoms with Gasteiger partial charge in [-0.15, -0.1) is 0 Å². The molecule has 1 fully saturated rings. The maximum Gasteiger partial charge on any atom is 0.309 e. The number of esters is 1. The normalized spacial score (nSPS) is 16.4. The summed E-state index contributed by atoms with van der Waals surface area (Å²) >= 11 is 0. The molecule has 0 radical (unpaired) electrons. The summed E-state index contributed by atoms with van der Waals surface area (Å²) in [4.78, 5) is 11.8. The Balaban J connectivity index is 1.67. The zero-order valence-electron chi connectivity index (χ0n) is 11.8. The standard InChI is InChI=1S/C16H23NO3/c17-13-6-5-9-15(12-13)19-11-10-16(18)20-14-7-3-1-2-4-8-14/h5-6,9,12,14H,1-4,7-8,10-11,17H2. The molecule has 1 aromatic rings. The van der Waals surface area contributed by atoms with Crippen LogP contribution in [0.2, 0.25) is 0 Å². The number of benzene rings is 1. The van der Waals surface area contributed by atoms with Crippen LogP contribution in [0, 0.1) is 0 Å². The third-order valence-corrected chi connectivity index (χ3v) is 3.53. The van der Waals surface area contributed by atoms with E-state index < -0.39 is 0 Å². The van der Waals surface area contributed by atoms with E-state index in [0.717, 1.165) is 25.7 Å². The molecule has 1 saturated carbocycles. The molecule has 1 aromatic carbocycles. The number of rotatable bonds is 5. The number of ether oxygens (including phenoxy) is 2. The lowest BCUT2D eigenvalue weighted by Gasteiger charge is -2.15. The third-order valence-electron chi connectivity index (χ3n) is 3.53. The highest BCUT2D eigenvalue weighted by molar-refractivity contribution is 5.69. The van der Waals surface area contributed by atoms with Crippen LogP contribution in [0.5, 0.6) is 5.75 Å². The van der Waals surface area contributed by atoms with E-state index in [0.29, 0.717) is 18.0 Å². The van der Waals surface area contributed by atoms with Crippen LogP contribution in [0.15, 0.2) is 24.3 Å². The summed E-state index contributed by atoms with van der Waals surface area (Å²) in [6.07, 6.45) is 7.24. The molecule has 1 aliphatic rings. The van der Waals surface area contributed by atoms with E-state index >= 15 is 0 Å². The molecule has 20 heavy (non-hydrogen) atoms. The molecule has 110 valence electrons. The number of nitrogen functional groups attached to an aromatic ring is 1. The Labute approximate surface area is 120 Å². The highest BCUT2D eigenvalue weighted by atomic mass is 16.5. The van der Waals surface area contributed by atoms with Gasteiger partial charge in [-0.05, 0) is 37.8 Å². The van der Waals surface area contributed by atoms with Gasteiger partial charge in [-0.2, -0.15) is 0 Å². The number of nitrogens with two attached hydrogens (primary N) is 1. The van der Waals surface area contributed by atoms with Crippen LogP contribution in [0.3, 0.4) is 0 Å². The van der Waals surface area contributed by atoms with Crippen molar-refractivity contribution in [2.75, 3.05) is 12.3 Å². The van der Waals surface area contributed by atoms with Crippen molar-refractivity contribution >= 4 is 11.7 Å². The number of anilines is 1. The maximum atomic E-state index is 11.8. The Morgan fingerprint density at radius 1 is 1.20 bits per heavy atom. The van der Waals surface area contributed by atoms with Gasteiger partial charge < -0.3 is 15.2 Å². The van der Waals surface area contributed by atoms with Crippen LogP contribution in [0.4, 0.5) is 5.69 Å². The third kappa shape index (κ3) is 5.11. The Hall–Kier alpha value is -1.71. The minimum absolute atomic E-state index is 0.109. The van der Waals surface area contributed by atoms with E-state index in [-0.39, 0.29) is 18.5 Å². The van der Waals surface area contributed by atoms with E-state index in [1.54, 1.807) is 12.1 Å². The minimum Gasteiger partial charge on any atom is -0.493 e. The summed E-state index contributed by atoms with van der Waals surface area (Å²) < 4.78 is 11.0. The van der Waals surface area contributed by atoms with Crippen LogP contribution in [-0.2, 0) is 9.53 Å². The molecule has 1 aliphatic carbocycles. The van der Waals surface area contributed by atoms with Gasteiger partial charge in [0.25, 0.3) is 0 Å². The Morgan fingerprint density at radius 3 is 2.65 bits per heavy atom. The van der Waals surface area contributed by atoms with E-state index in [1.165, 1.54) is 12.8 Å². The van der Waals surface area contributed by atoms with Gasteiger partial charge in [0.15, 0.2) is 0 Å². The predicted molar refractivity (Wildman–Crippen MR) is 78.5 cm³/mol. The summed E-state index contributed by atoms with van der Waals surface area (Å²) in [5.74, 6) is 0.521. The van der Waals surface area contributed by atoms with Crippen molar-refractivity contribution in [1.82, 2.24) is 0 Å². The minimum atomic E-state index is -0.166. The van der Waals surface area contributed by atoms with Gasteiger partial charge in [-0.25, -0.2) is 0 Å². The van der Waals surface area contributed by atoms with Gasteiger partial charge in [0.05, 0.1) is 13.0 Å². The monoisotopic (exact) mass is 277 g/mol. The van der Waals surface area contributed by atoms with Crippen molar-refractivity contribution in [3.63, 3.8) is 0 Å². The summed E-state index contributed by atoms with van der Waals surface area (Å²) in [5.41, 5.74) is 6.31. The molecular weight excluding hydrogens is 254 g/mol. The highest BCUT2D eigenvalue weighted by Gasteiger charge is 2.16. The summed E-state index contributed by atoms with van der Waals surface area (Å²) in [7, 11) is 0. The van der Waals surface area contributed by atoms with Gasteiger partial charge in [0, 0.05) is 11.8 Å². The highest BCUT2D eigenvalue weighted by Crippen LogP contribution is 2.20. The molecule has 0 saturated heterocycles. The van der Waals surface area contributed by atoms with Crippen molar-refractivity contribution in [2.24, 2.45) is 0 Å². The lowest BCUT2D eigenvalue weighted by molar-refractivity contribution is -0.150. The van der Waals surface area contributed by atoms with Crippen LogP contribution in [0.1, 0.15) is 44.9 Å². The first kappa shape index (κ1) is 14.7. The molecule has 0 spiro atoms. The molecule has 0 atom stereocenters. The zero-order chi connectivity index (χ0) is 14.2. The van der Waals surface area contributed by atoms with Crippen molar-refractivity contribution in [3.8, 4) is 5.75 Å². The molecular formula is C16H23NO3. The average Bonchev–Trinajstić information content (AvgIpc) is 2.67. The van der Waals surface area contributed by atoms with E-state index in [2.05, 4.69) is 0 Å². The fourth-order valence-electron chi connectivity index (χ4n) is 2.46. The molecule has 0 aliphatic heterocycles. The summed E-state index contributed by atoms with van der Waals surface area (Å²) in [6.45, 7) is 0.328. The van der Waals surface area contributed by atoms with Crippen molar-refractivity contribution < 1.29 is 14.3 Å². The molecule has 2 N–H and O–H groups in total. The Morgan fingerprint density at radius 2 is 1.95 bits per heavy atom. The first-order valence-corrected chi connectivity index (χ1v) is 7.42. The Kier molecular flexibility index (Phi) is 5.71. The molecule has 4 nitrogen and oxygen atoms in total. The first-order chi connectivity index (χ1) is 9.74. The molecule has 0 heterocycles. The molecule has 2 rings (SSSR count). The lowest BCUT2D eigenvalue weighted by Crippen LogP contribution is -2.19. The second kappa shape index (κ2) is 7.78. The van der Waals surface area contributed by atoms with Crippen LogP contribution < -0.4 is 10.5 Å². The van der Waals surface area contributed by atoms with E-state index in [9.17, 15) is 4.79 Å². The van der Waals surface area contributed by atoms with Gasteiger partial charge in [0.2, 0.25) is 0 Å². The van der Waals surface area contributed by atoms with E-state index in [1.807, 2.05) is 12.1 Å². The first-order valence-electron chi connectivity index (χ1n) is 7.42. The molecule has 0 unspecified atom stereocenters. The predicted octanol–water partition coefficient (Wildman–Crippen LogP) is 3.30. The fraction of sp³-hybridized carbons (Fsp3) is 0.562. The van der Waals surface area contributed by atoms with Gasteiger partial charge in [-0.3, -0.25) is 4.79 Å². The van der Waals surface area contributed by atoms with Crippen LogP contribution in [-0.4, -0.2) is 18.7 Å². The second-order valence-electron chi connectivity index (χ2n) is 5.27. The van der Waals surface area contributed by atoms with Crippen LogP contribution in [0.25, 0.3) is 0 Å². The average molecular weight is 277 g/mol. The lowest BCUT2D eigenvalue weighted by atomic mass is 10.1. The van der Waals surface area contributed by atoms with Crippen LogP contribution >= 0.6 is 0 Å². The molecule has 0 amide bonds. The SMILES string of the molecule is Nc1cccc(OCCC(=O)OC2CCCCCC2)c1. The number of hydrogen-bond acceptors (Lipinski definition) is 4. The van der Waals surface area contributed by atoms with Gasteiger partial charge in [0.1, 0.15) is 11.9 Å². The number of carbonyl (C=O) groups is 1. The fourth-order valence-corrected chi connectivity index (χ4v) is 2.46. The molecule has 0 bridgehead atoms. The topological polar surface area (TPSA) is 61.5 Å². The van der Waals surface area contributed by atoms with Gasteiger partial charge >= 0.3 is 5.97 Å². The van der Waals surface area contributed by atoms with Crippen molar-refractivity contribution in [1.29, 1.82) is 0 Å². The van der Waals surface area contributed by atoms with Gasteiger partial charge in [-0.1, -0.05) is 18.9 Å². The quantitative estimate of drug-likeness (QED) is 0.509. The Bertz CT molecular complexity index is 425. The maximum absolute atomic E-state index is 11.8. The second-order valence-corrected chi connectivity index (χ2v) is 5.27. The zero-order valence-corrected chi connectivity index (χ0v) is 11.8. The van der Waals surface area contributed by atoms with Crippen molar-refractivity contribution in [3.05, 3.63) is 24.3 Å². The number of hydrogen-bond donors (Lipinski definition) is 1. The van der Waals surface area contributed by atoms with E-state index in [4.69, 9.17) is 15.2 Å². The smallest absolute Gasteiger partial charge is 0.309 e.